The van der Waals surface area contributed by atoms with Crippen molar-refractivity contribution in [3.05, 3.63) is 10.6 Å². The van der Waals surface area contributed by atoms with Crippen LogP contribution in [0.15, 0.2) is 0 Å². The fourth-order valence-corrected chi connectivity index (χ4v) is 2.52. The van der Waals surface area contributed by atoms with E-state index >= 15 is 0 Å². The van der Waals surface area contributed by atoms with Crippen LogP contribution in [0.3, 0.4) is 0 Å². The molecule has 5 nitrogen and oxygen atoms in total. The van der Waals surface area contributed by atoms with Crippen molar-refractivity contribution in [1.82, 2.24) is 10.3 Å². The molecular weight excluding hydrogens is 237 g/mol. The molecule has 16 heavy (non-hydrogen) atoms. The average Bonchev–Trinajstić information content (AvgIpc) is 2.62. The number of nitrogens with one attached hydrogen (secondary N) is 1. The Morgan fingerprint density at radius 2 is 2.12 bits per heavy atom. The number of thiazole rings is 1. The van der Waals surface area contributed by atoms with Crippen molar-refractivity contribution in [2.45, 2.75) is 6.92 Å². The Morgan fingerprint density at radius 1 is 1.50 bits per heavy atom. The van der Waals surface area contributed by atoms with Gasteiger partial charge in [0.15, 0.2) is 5.13 Å². The number of carboxylic acid groups (broad SMARTS) is 1. The van der Waals surface area contributed by atoms with Gasteiger partial charge in [-0.25, -0.2) is 4.98 Å². The van der Waals surface area contributed by atoms with Crippen molar-refractivity contribution < 1.29 is 39.5 Å². The quantitative estimate of drug-likeness (QED) is 0.545. The Balaban J connectivity index is 0.00000128. The van der Waals surface area contributed by atoms with E-state index in [1.165, 1.54) is 11.3 Å². The summed E-state index contributed by atoms with van der Waals surface area (Å²) in [4.78, 5) is 17.3. The van der Waals surface area contributed by atoms with E-state index in [4.69, 9.17) is 0 Å². The van der Waals surface area contributed by atoms with Crippen LogP contribution in [-0.2, 0) is 0 Å². The van der Waals surface area contributed by atoms with Gasteiger partial charge in [-0.05, 0) is 6.92 Å². The van der Waals surface area contributed by atoms with E-state index in [0.29, 0.717) is 5.69 Å². The molecule has 1 aromatic heterocycles. The third-order valence-corrected chi connectivity index (χ3v) is 3.56. The summed E-state index contributed by atoms with van der Waals surface area (Å²) >= 11 is 1.20. The van der Waals surface area contributed by atoms with Gasteiger partial charge in [-0.15, -0.1) is 0 Å². The Labute approximate surface area is 120 Å². The molecule has 0 spiro atoms. The zero-order valence-electron chi connectivity index (χ0n) is 9.45. The molecule has 0 saturated carbocycles. The summed E-state index contributed by atoms with van der Waals surface area (Å²) in [5.41, 5.74) is 0.550. The topological polar surface area (TPSA) is 68.3 Å². The van der Waals surface area contributed by atoms with E-state index in [0.717, 1.165) is 31.3 Å². The largest absolute Gasteiger partial charge is 1.00 e. The van der Waals surface area contributed by atoms with Crippen LogP contribution in [0.25, 0.3) is 0 Å². The number of aryl methyl sites for hydroxylation is 1. The Bertz CT molecular complexity index is 377. The number of piperazine rings is 1. The van der Waals surface area contributed by atoms with Gasteiger partial charge in [-0.1, -0.05) is 11.3 Å². The molecule has 1 N–H and O–H groups in total. The van der Waals surface area contributed by atoms with Gasteiger partial charge >= 0.3 is 29.6 Å². The van der Waals surface area contributed by atoms with Crippen molar-refractivity contribution in [3.63, 3.8) is 0 Å². The minimum atomic E-state index is -1.13. The first-order valence-corrected chi connectivity index (χ1v) is 5.64. The Hall–Kier alpha value is -0.140. The van der Waals surface area contributed by atoms with E-state index in [1.807, 2.05) is 0 Å². The number of carbonyl (C=O) groups excluding carboxylic acids is 1. The van der Waals surface area contributed by atoms with Gasteiger partial charge in [0.2, 0.25) is 0 Å². The maximum atomic E-state index is 10.7. The molecule has 1 saturated heterocycles. The van der Waals surface area contributed by atoms with Gasteiger partial charge in [0.1, 0.15) is 0 Å². The molecule has 0 atom stereocenters. The van der Waals surface area contributed by atoms with Crippen molar-refractivity contribution in [3.8, 4) is 0 Å². The Kier molecular flexibility index (Phi) is 5.20. The molecule has 82 valence electrons. The summed E-state index contributed by atoms with van der Waals surface area (Å²) < 4.78 is 0. The predicted octanol–water partition coefficient (Wildman–Crippen LogP) is -3.77. The molecule has 0 aliphatic carbocycles. The first kappa shape index (κ1) is 13.9. The van der Waals surface area contributed by atoms with Crippen LogP contribution in [0.1, 0.15) is 15.4 Å². The molecule has 1 fully saturated rings. The zero-order chi connectivity index (χ0) is 10.8. The van der Waals surface area contributed by atoms with Crippen molar-refractivity contribution in [2.24, 2.45) is 0 Å². The number of rotatable bonds is 2. The molecule has 0 aromatic carbocycles. The molecule has 0 unspecified atom stereocenters. The predicted molar refractivity (Wildman–Crippen MR) is 56.3 cm³/mol. The van der Waals surface area contributed by atoms with Gasteiger partial charge in [0, 0.05) is 26.2 Å². The fraction of sp³-hybridized carbons (Fsp3) is 0.556. The first-order valence-electron chi connectivity index (χ1n) is 4.83. The van der Waals surface area contributed by atoms with E-state index in [-0.39, 0.29) is 34.4 Å². The minimum Gasteiger partial charge on any atom is -0.544 e. The molecule has 1 aromatic rings. The molecule has 1 aliphatic rings. The second kappa shape index (κ2) is 5.97. The molecular formula is C9H12N3NaO2S. The molecule has 0 radical (unpaired) electrons. The molecule has 0 bridgehead atoms. The van der Waals surface area contributed by atoms with Crippen LogP contribution >= 0.6 is 11.3 Å². The van der Waals surface area contributed by atoms with Crippen LogP contribution in [0.2, 0.25) is 0 Å². The van der Waals surface area contributed by atoms with E-state index in [1.54, 1.807) is 6.92 Å². The summed E-state index contributed by atoms with van der Waals surface area (Å²) in [6.45, 7) is 5.28. The van der Waals surface area contributed by atoms with Gasteiger partial charge in [-0.2, -0.15) is 0 Å². The summed E-state index contributed by atoms with van der Waals surface area (Å²) in [5, 5.41) is 14.8. The Morgan fingerprint density at radius 3 is 2.62 bits per heavy atom. The number of carboxylic acids is 1. The molecule has 2 rings (SSSR count). The second-order valence-electron chi connectivity index (χ2n) is 3.44. The van der Waals surface area contributed by atoms with Crippen LogP contribution in [-0.4, -0.2) is 37.1 Å². The third kappa shape index (κ3) is 2.95. The molecule has 2 heterocycles. The number of hydrogen-bond donors (Lipinski definition) is 1. The summed E-state index contributed by atoms with van der Waals surface area (Å²) in [6, 6.07) is 0. The van der Waals surface area contributed by atoms with Crippen LogP contribution in [0.4, 0.5) is 5.13 Å². The van der Waals surface area contributed by atoms with Gasteiger partial charge in [0.05, 0.1) is 16.5 Å². The monoisotopic (exact) mass is 249 g/mol. The maximum absolute atomic E-state index is 10.7. The fourth-order valence-electron chi connectivity index (χ4n) is 1.56. The first-order chi connectivity index (χ1) is 7.18. The second-order valence-corrected chi connectivity index (χ2v) is 4.41. The van der Waals surface area contributed by atoms with Gasteiger partial charge < -0.3 is 20.1 Å². The normalized spacial score (nSPS) is 15.7. The van der Waals surface area contributed by atoms with Crippen molar-refractivity contribution in [1.29, 1.82) is 0 Å². The van der Waals surface area contributed by atoms with E-state index < -0.39 is 5.97 Å². The van der Waals surface area contributed by atoms with Gasteiger partial charge in [-0.3, -0.25) is 0 Å². The SMILES string of the molecule is Cc1nc(N2CCNCC2)sc1C(=O)[O-].[Na+]. The number of hydrogen-bond acceptors (Lipinski definition) is 6. The van der Waals surface area contributed by atoms with Crippen LogP contribution < -0.4 is 44.9 Å². The van der Waals surface area contributed by atoms with Crippen molar-refractivity contribution >= 4 is 22.4 Å². The number of carbonyl (C=O) groups is 1. The molecule has 1 aliphatic heterocycles. The third-order valence-electron chi connectivity index (χ3n) is 2.36. The van der Waals surface area contributed by atoms with Crippen LogP contribution in [0.5, 0.6) is 0 Å². The smallest absolute Gasteiger partial charge is 0.544 e. The minimum absolute atomic E-state index is 0. The maximum Gasteiger partial charge on any atom is 1.00 e. The number of aromatic carboxylic acids is 1. The molecule has 0 amide bonds. The van der Waals surface area contributed by atoms with Crippen LogP contribution in [0, 0.1) is 6.92 Å². The molecule has 7 heteroatoms. The summed E-state index contributed by atoms with van der Waals surface area (Å²) in [6.07, 6.45) is 0. The van der Waals surface area contributed by atoms with E-state index in [2.05, 4.69) is 15.2 Å². The van der Waals surface area contributed by atoms with E-state index in [9.17, 15) is 9.90 Å². The average molecular weight is 249 g/mol. The standard InChI is InChI=1S/C9H13N3O2S.Na/c1-6-7(8(13)14)15-9(11-6)12-4-2-10-3-5-12;/h10H,2-5H2,1H3,(H,13,14);/q;+1/p-1. The number of anilines is 1. The number of aromatic nitrogens is 1. The summed E-state index contributed by atoms with van der Waals surface area (Å²) in [7, 11) is 0. The van der Waals surface area contributed by atoms with Crippen molar-refractivity contribution in [2.75, 3.05) is 31.1 Å². The summed E-state index contributed by atoms with van der Waals surface area (Å²) in [5.74, 6) is -1.13. The zero-order valence-corrected chi connectivity index (χ0v) is 12.3. The van der Waals surface area contributed by atoms with Gasteiger partial charge in [0.25, 0.3) is 0 Å². The number of nitrogens with zero attached hydrogens (tertiary/aromatic N) is 2.